The predicted octanol–water partition coefficient (Wildman–Crippen LogP) is 3.46. The minimum Gasteiger partial charge on any atom is -0.465 e. The van der Waals surface area contributed by atoms with Crippen LogP contribution >= 0.6 is 11.6 Å². The predicted molar refractivity (Wildman–Crippen MR) is 99.0 cm³/mol. The highest BCUT2D eigenvalue weighted by molar-refractivity contribution is 6.32. The molecule has 3 heterocycles. The summed E-state index contributed by atoms with van der Waals surface area (Å²) in [5, 5.41) is 22.7. The van der Waals surface area contributed by atoms with Gasteiger partial charge in [-0.25, -0.2) is 4.79 Å². The molecule has 3 rings (SSSR count). The lowest BCUT2D eigenvalue weighted by Crippen LogP contribution is -2.48. The van der Waals surface area contributed by atoms with Crippen molar-refractivity contribution in [2.24, 2.45) is 5.41 Å². The van der Waals surface area contributed by atoms with Crippen LogP contribution in [0.25, 0.3) is 17.0 Å². The van der Waals surface area contributed by atoms with Gasteiger partial charge in [-0.15, -0.1) is 0 Å². The zero-order valence-electron chi connectivity index (χ0n) is 15.3. The first-order chi connectivity index (χ1) is 12.7. The Kier molecular flexibility index (Phi) is 5.21. The summed E-state index contributed by atoms with van der Waals surface area (Å²) in [5.41, 5.74) is 1.84. The number of nitrogens with zero attached hydrogens (tertiary/aromatic N) is 4. The fourth-order valence-corrected chi connectivity index (χ4v) is 3.39. The molecule has 0 saturated carbocycles. The third-order valence-corrected chi connectivity index (χ3v) is 4.74. The maximum Gasteiger partial charge on any atom is 0.407 e. The van der Waals surface area contributed by atoms with E-state index in [1.165, 1.54) is 4.90 Å². The van der Waals surface area contributed by atoms with Crippen molar-refractivity contribution < 1.29 is 19.5 Å². The lowest BCUT2D eigenvalue weighted by Gasteiger charge is -2.40. The molecule has 0 fully saturated rings. The Morgan fingerprint density at radius 3 is 2.74 bits per heavy atom. The summed E-state index contributed by atoms with van der Waals surface area (Å²) in [7, 11) is 0. The molecule has 1 aliphatic heterocycles. The number of hydrogen-bond acceptors (Lipinski definition) is 6. The molecule has 0 spiro atoms. The van der Waals surface area contributed by atoms with Crippen molar-refractivity contribution in [2.75, 3.05) is 6.54 Å². The van der Waals surface area contributed by atoms with Gasteiger partial charge in [-0.3, -0.25) is 4.98 Å². The Morgan fingerprint density at radius 1 is 1.44 bits per heavy atom. The number of pyridine rings is 1. The number of aromatic nitrogens is 3. The molecule has 27 heavy (non-hydrogen) atoms. The van der Waals surface area contributed by atoms with Crippen LogP contribution in [0, 0.1) is 5.41 Å². The smallest absolute Gasteiger partial charge is 0.407 e. The van der Waals surface area contributed by atoms with E-state index in [0.717, 1.165) is 5.57 Å². The number of carboxylic acid groups (broad SMARTS) is 1. The number of amides is 1. The van der Waals surface area contributed by atoms with Crippen LogP contribution < -0.4 is 0 Å². The summed E-state index contributed by atoms with van der Waals surface area (Å²) in [6.45, 7) is 6.04. The van der Waals surface area contributed by atoms with E-state index in [1.807, 2.05) is 26.8 Å². The largest absolute Gasteiger partial charge is 0.465 e. The number of aliphatic hydroxyl groups is 1. The van der Waals surface area contributed by atoms with Crippen molar-refractivity contribution in [2.45, 2.75) is 39.8 Å². The van der Waals surface area contributed by atoms with Crippen LogP contribution in [0.4, 0.5) is 4.79 Å². The number of hydrogen-bond donors (Lipinski definition) is 2. The molecule has 2 N–H and O–H groups in total. The minimum atomic E-state index is -0.934. The van der Waals surface area contributed by atoms with Crippen molar-refractivity contribution in [1.82, 2.24) is 20.0 Å². The average Bonchev–Trinajstić information content (AvgIpc) is 3.09. The molecule has 0 saturated heterocycles. The fraction of sp³-hybridized carbons (Fsp3) is 0.444. The Hall–Kier alpha value is -2.45. The van der Waals surface area contributed by atoms with E-state index < -0.39 is 6.09 Å². The van der Waals surface area contributed by atoms with E-state index in [0.29, 0.717) is 35.1 Å². The van der Waals surface area contributed by atoms with E-state index in [1.54, 1.807) is 12.3 Å². The van der Waals surface area contributed by atoms with E-state index >= 15 is 0 Å². The van der Waals surface area contributed by atoms with Crippen LogP contribution in [0.1, 0.15) is 38.8 Å². The molecule has 2 aromatic heterocycles. The van der Waals surface area contributed by atoms with Gasteiger partial charge in [-0.2, -0.15) is 4.98 Å². The maximum atomic E-state index is 11.6. The molecule has 0 aliphatic carbocycles. The summed E-state index contributed by atoms with van der Waals surface area (Å²) < 4.78 is 4.89. The first-order valence-electron chi connectivity index (χ1n) is 8.50. The minimum absolute atomic E-state index is 0.113. The molecule has 0 aromatic carbocycles. The fourth-order valence-electron chi connectivity index (χ4n) is 3.11. The van der Waals surface area contributed by atoms with Crippen LogP contribution in [0.3, 0.4) is 0 Å². The number of rotatable bonds is 3. The van der Waals surface area contributed by atoms with E-state index in [2.05, 4.69) is 15.1 Å². The normalized spacial score (nSPS) is 17.7. The van der Waals surface area contributed by atoms with Gasteiger partial charge in [-0.05, 0) is 23.5 Å². The molecule has 1 unspecified atom stereocenters. The van der Waals surface area contributed by atoms with Crippen LogP contribution in [-0.2, 0) is 6.61 Å². The second-order valence-corrected chi connectivity index (χ2v) is 7.86. The molecule has 0 bridgehead atoms. The topological polar surface area (TPSA) is 113 Å². The monoisotopic (exact) mass is 392 g/mol. The zero-order chi connectivity index (χ0) is 19.8. The highest BCUT2D eigenvalue weighted by Crippen LogP contribution is 2.36. The van der Waals surface area contributed by atoms with Gasteiger partial charge >= 0.3 is 6.09 Å². The Bertz CT molecular complexity index is 888. The first kappa shape index (κ1) is 19.3. The van der Waals surface area contributed by atoms with Crippen LogP contribution in [0.5, 0.6) is 0 Å². The van der Waals surface area contributed by atoms with Crippen molar-refractivity contribution in [3.05, 3.63) is 34.9 Å². The highest BCUT2D eigenvalue weighted by atomic mass is 35.5. The van der Waals surface area contributed by atoms with Crippen molar-refractivity contribution in [1.29, 1.82) is 0 Å². The number of halogens is 1. The third-order valence-electron chi connectivity index (χ3n) is 4.46. The summed E-state index contributed by atoms with van der Waals surface area (Å²) >= 11 is 6.45. The van der Waals surface area contributed by atoms with Crippen LogP contribution in [0.2, 0.25) is 5.02 Å². The SMILES string of the molecule is CC(C)(C)C1C=C(c2ncc(-c3noc(CO)n3)cc2Cl)CCN1C(=O)O. The average molecular weight is 393 g/mol. The number of carbonyl (C=O) groups is 1. The summed E-state index contributed by atoms with van der Waals surface area (Å²) in [4.78, 5) is 21.5. The molecule has 8 nitrogen and oxygen atoms in total. The van der Waals surface area contributed by atoms with Crippen LogP contribution in [-0.4, -0.2) is 48.9 Å². The second-order valence-electron chi connectivity index (χ2n) is 7.45. The van der Waals surface area contributed by atoms with Gasteiger partial charge in [0.15, 0.2) is 0 Å². The molecule has 9 heteroatoms. The quantitative estimate of drug-likeness (QED) is 0.822. The van der Waals surface area contributed by atoms with Crippen molar-refractivity contribution in [3.63, 3.8) is 0 Å². The molecular weight excluding hydrogens is 372 g/mol. The van der Waals surface area contributed by atoms with Gasteiger partial charge in [0, 0.05) is 18.3 Å². The lowest BCUT2D eigenvalue weighted by atomic mass is 9.82. The summed E-state index contributed by atoms with van der Waals surface area (Å²) in [6, 6.07) is 1.41. The Balaban J connectivity index is 1.95. The van der Waals surface area contributed by atoms with E-state index in [9.17, 15) is 9.90 Å². The van der Waals surface area contributed by atoms with E-state index in [-0.39, 0.29) is 24.0 Å². The summed E-state index contributed by atoms with van der Waals surface area (Å²) in [6.07, 6.45) is 3.12. The number of aliphatic hydroxyl groups excluding tert-OH is 1. The standard InChI is InChI=1S/C18H21ClN4O4/c1-18(2,3)13-7-10(4-5-23(13)17(25)26)15-12(19)6-11(8-20-15)16-21-14(9-24)27-22-16/h6-8,13,24H,4-5,9H2,1-3H3,(H,25,26). The van der Waals surface area contributed by atoms with Gasteiger partial charge in [0.05, 0.1) is 16.8 Å². The van der Waals surface area contributed by atoms with Gasteiger partial charge in [0.2, 0.25) is 5.82 Å². The molecule has 1 amide bonds. The first-order valence-corrected chi connectivity index (χ1v) is 8.88. The van der Waals surface area contributed by atoms with Gasteiger partial charge in [-0.1, -0.05) is 43.6 Å². The van der Waals surface area contributed by atoms with E-state index in [4.69, 9.17) is 21.2 Å². The summed E-state index contributed by atoms with van der Waals surface area (Å²) in [5.74, 6) is 0.407. The zero-order valence-corrected chi connectivity index (χ0v) is 16.1. The molecule has 144 valence electrons. The van der Waals surface area contributed by atoms with Crippen LogP contribution in [0.15, 0.2) is 22.9 Å². The van der Waals surface area contributed by atoms with Gasteiger partial charge < -0.3 is 19.6 Å². The Morgan fingerprint density at radius 2 is 2.19 bits per heavy atom. The highest BCUT2D eigenvalue weighted by Gasteiger charge is 2.35. The maximum absolute atomic E-state index is 11.6. The van der Waals surface area contributed by atoms with Crippen molar-refractivity contribution in [3.8, 4) is 11.4 Å². The van der Waals surface area contributed by atoms with Gasteiger partial charge in [0.1, 0.15) is 6.61 Å². The third kappa shape index (κ3) is 3.96. The molecule has 0 radical (unpaired) electrons. The van der Waals surface area contributed by atoms with Crippen molar-refractivity contribution >= 4 is 23.3 Å². The molecule has 1 aliphatic rings. The lowest BCUT2D eigenvalue weighted by molar-refractivity contribution is 0.1000. The van der Waals surface area contributed by atoms with Gasteiger partial charge in [0.25, 0.3) is 5.89 Å². The molecular formula is C18H21ClN4O4. The second kappa shape index (κ2) is 7.28. The molecule has 2 aromatic rings. The Labute approximate surface area is 161 Å². The molecule has 1 atom stereocenters.